The van der Waals surface area contributed by atoms with E-state index < -0.39 is 10.0 Å². The van der Waals surface area contributed by atoms with Gasteiger partial charge in [0.15, 0.2) is 5.82 Å². The average molecular weight is 287 g/mol. The molecule has 110 valence electrons. The molecule has 0 aliphatic heterocycles. The monoisotopic (exact) mass is 287 g/mol. The van der Waals surface area contributed by atoms with Crippen LogP contribution >= 0.6 is 0 Å². The predicted molar refractivity (Wildman–Crippen MR) is 83.7 cm³/mol. The van der Waals surface area contributed by atoms with Gasteiger partial charge in [-0.1, -0.05) is 33.8 Å². The summed E-state index contributed by atoms with van der Waals surface area (Å²) in [6, 6.07) is 0. The van der Waals surface area contributed by atoms with Crippen molar-refractivity contribution in [2.24, 2.45) is 4.99 Å². The van der Waals surface area contributed by atoms with E-state index in [2.05, 4.69) is 9.98 Å². The van der Waals surface area contributed by atoms with Crippen LogP contribution in [0.25, 0.3) is 6.08 Å². The van der Waals surface area contributed by atoms with E-state index in [0.717, 1.165) is 10.2 Å². The highest BCUT2D eigenvalue weighted by atomic mass is 32.2. The standard InChI is InChI=1S/C9H13N3O2S.2C2H6/c1-4-6-8-9(10-5-2)12(7-11-8)15(3,13)14;2*1-2/h4-7H,1-3H3;2*1-2H3/b6-4-,10-5-;;. The molecule has 0 aromatic carbocycles. The zero-order valence-corrected chi connectivity index (χ0v) is 13.7. The fourth-order valence-electron chi connectivity index (χ4n) is 1.10. The molecule has 0 N–H and O–H groups in total. The molecule has 1 aromatic rings. The molecule has 0 amide bonds. The zero-order valence-electron chi connectivity index (χ0n) is 12.9. The maximum Gasteiger partial charge on any atom is 0.238 e. The fraction of sp³-hybridized carbons (Fsp3) is 0.538. The van der Waals surface area contributed by atoms with Crippen molar-refractivity contribution < 1.29 is 8.42 Å². The van der Waals surface area contributed by atoms with E-state index in [1.807, 2.05) is 34.6 Å². The largest absolute Gasteiger partial charge is 0.241 e. The van der Waals surface area contributed by atoms with Gasteiger partial charge in [0.05, 0.1) is 6.26 Å². The molecule has 0 aliphatic rings. The summed E-state index contributed by atoms with van der Waals surface area (Å²) >= 11 is 0. The molecule has 0 saturated heterocycles. The number of allylic oxidation sites excluding steroid dienone is 1. The summed E-state index contributed by atoms with van der Waals surface area (Å²) in [6.45, 7) is 11.6. The average Bonchev–Trinajstić information content (AvgIpc) is 2.78. The Kier molecular flexibility index (Phi) is 11.0. The van der Waals surface area contributed by atoms with Crippen molar-refractivity contribution in [3.05, 3.63) is 18.1 Å². The van der Waals surface area contributed by atoms with Gasteiger partial charge in [0.25, 0.3) is 0 Å². The summed E-state index contributed by atoms with van der Waals surface area (Å²) in [4.78, 5) is 7.97. The lowest BCUT2D eigenvalue weighted by molar-refractivity contribution is 0.594. The van der Waals surface area contributed by atoms with Crippen molar-refractivity contribution in [3.8, 4) is 0 Å². The summed E-state index contributed by atoms with van der Waals surface area (Å²) in [7, 11) is -3.35. The van der Waals surface area contributed by atoms with Crippen LogP contribution in [0.1, 0.15) is 47.2 Å². The summed E-state index contributed by atoms with van der Waals surface area (Å²) in [5, 5.41) is 0. The molecule has 0 aliphatic carbocycles. The van der Waals surface area contributed by atoms with Gasteiger partial charge >= 0.3 is 0 Å². The summed E-state index contributed by atoms with van der Waals surface area (Å²) in [5.41, 5.74) is 0.543. The molecule has 1 aromatic heterocycles. The Balaban J connectivity index is 0. The van der Waals surface area contributed by atoms with Crippen LogP contribution in [0.4, 0.5) is 5.82 Å². The molecule has 1 heterocycles. The lowest BCUT2D eigenvalue weighted by Gasteiger charge is -2.00. The van der Waals surface area contributed by atoms with Crippen LogP contribution in [0.2, 0.25) is 0 Å². The summed E-state index contributed by atoms with van der Waals surface area (Å²) in [5.74, 6) is 0.332. The van der Waals surface area contributed by atoms with Crippen LogP contribution in [-0.4, -0.2) is 29.8 Å². The minimum absolute atomic E-state index is 0.332. The number of nitrogens with zero attached hydrogens (tertiary/aromatic N) is 3. The van der Waals surface area contributed by atoms with Crippen LogP contribution < -0.4 is 0 Å². The second kappa shape index (κ2) is 10.5. The molecule has 5 nitrogen and oxygen atoms in total. The number of rotatable bonds is 3. The van der Waals surface area contributed by atoms with Gasteiger partial charge < -0.3 is 0 Å². The van der Waals surface area contributed by atoms with Crippen LogP contribution in [0.15, 0.2) is 17.4 Å². The molecule has 6 heteroatoms. The third kappa shape index (κ3) is 6.33. The van der Waals surface area contributed by atoms with Crippen LogP contribution in [-0.2, 0) is 10.0 Å². The van der Waals surface area contributed by atoms with E-state index in [-0.39, 0.29) is 0 Å². The van der Waals surface area contributed by atoms with E-state index in [9.17, 15) is 8.42 Å². The highest BCUT2D eigenvalue weighted by molar-refractivity contribution is 7.89. The maximum atomic E-state index is 11.4. The molecule has 19 heavy (non-hydrogen) atoms. The van der Waals surface area contributed by atoms with Crippen LogP contribution in [0.5, 0.6) is 0 Å². The number of hydrogen-bond donors (Lipinski definition) is 0. The minimum atomic E-state index is -3.35. The minimum Gasteiger partial charge on any atom is -0.241 e. The normalized spacial score (nSPS) is 10.9. The number of hydrogen-bond acceptors (Lipinski definition) is 4. The molecule has 0 bridgehead atoms. The fourth-order valence-corrected chi connectivity index (χ4v) is 1.78. The van der Waals surface area contributed by atoms with Gasteiger partial charge in [0, 0.05) is 6.21 Å². The summed E-state index contributed by atoms with van der Waals surface area (Å²) < 4.78 is 23.8. The second-order valence-electron chi connectivity index (χ2n) is 2.90. The first-order valence-electron chi connectivity index (χ1n) is 6.40. The summed E-state index contributed by atoms with van der Waals surface area (Å²) in [6.07, 6.45) is 7.40. The van der Waals surface area contributed by atoms with Gasteiger partial charge in [0.2, 0.25) is 10.0 Å². The van der Waals surface area contributed by atoms with Gasteiger partial charge in [-0.15, -0.1) is 0 Å². The highest BCUT2D eigenvalue weighted by Crippen LogP contribution is 2.20. The van der Waals surface area contributed by atoms with Gasteiger partial charge in [-0.05, 0) is 19.9 Å². The first kappa shape index (κ1) is 19.9. The first-order valence-corrected chi connectivity index (χ1v) is 8.24. The Labute approximate surface area is 117 Å². The third-order valence-electron chi connectivity index (χ3n) is 1.67. The first-order chi connectivity index (χ1) is 9.00. The predicted octanol–water partition coefficient (Wildman–Crippen LogP) is 3.50. The number of aromatic nitrogens is 2. The van der Waals surface area contributed by atoms with E-state index in [1.165, 1.54) is 12.5 Å². The SMILES string of the molecule is C/C=C\c1ncn(S(C)(=O)=O)c1/N=C\C.CC.CC. The smallest absolute Gasteiger partial charge is 0.238 e. The highest BCUT2D eigenvalue weighted by Gasteiger charge is 2.14. The Morgan fingerprint density at radius 3 is 2.11 bits per heavy atom. The Morgan fingerprint density at radius 2 is 1.74 bits per heavy atom. The van der Waals surface area contributed by atoms with Crippen molar-refractivity contribution in [3.63, 3.8) is 0 Å². The van der Waals surface area contributed by atoms with Gasteiger partial charge in [-0.25, -0.2) is 22.4 Å². The van der Waals surface area contributed by atoms with Crippen molar-refractivity contribution in [1.29, 1.82) is 0 Å². The molecule has 0 unspecified atom stereocenters. The number of aliphatic imine (C=N–C) groups is 1. The lowest BCUT2D eigenvalue weighted by Crippen LogP contribution is -2.08. The van der Waals surface area contributed by atoms with E-state index in [1.54, 1.807) is 19.1 Å². The van der Waals surface area contributed by atoms with Crippen molar-refractivity contribution in [2.45, 2.75) is 41.5 Å². The number of imidazole rings is 1. The molecule has 1 rings (SSSR count). The second-order valence-corrected chi connectivity index (χ2v) is 4.76. The lowest BCUT2D eigenvalue weighted by atomic mass is 10.4. The Morgan fingerprint density at radius 1 is 1.21 bits per heavy atom. The Hall–Kier alpha value is -1.43. The molecule has 0 atom stereocenters. The van der Waals surface area contributed by atoms with Crippen molar-refractivity contribution >= 4 is 28.1 Å². The maximum absolute atomic E-state index is 11.4. The molecular weight excluding hydrogens is 262 g/mol. The molecule has 0 fully saturated rings. The zero-order chi connectivity index (χ0) is 15.5. The quantitative estimate of drug-likeness (QED) is 0.799. The van der Waals surface area contributed by atoms with Crippen LogP contribution in [0.3, 0.4) is 0 Å². The third-order valence-corrected chi connectivity index (χ3v) is 2.65. The van der Waals surface area contributed by atoms with Crippen molar-refractivity contribution in [2.75, 3.05) is 6.26 Å². The van der Waals surface area contributed by atoms with Gasteiger partial charge in [0.1, 0.15) is 12.0 Å². The molecular formula is C13H25N3O2S. The van der Waals surface area contributed by atoms with E-state index in [4.69, 9.17) is 0 Å². The molecule has 0 radical (unpaired) electrons. The molecule has 0 saturated carbocycles. The van der Waals surface area contributed by atoms with Gasteiger partial charge in [-0.3, -0.25) is 0 Å². The van der Waals surface area contributed by atoms with Gasteiger partial charge in [-0.2, -0.15) is 0 Å². The van der Waals surface area contributed by atoms with Crippen LogP contribution in [0, 0.1) is 0 Å². The van der Waals surface area contributed by atoms with Crippen molar-refractivity contribution in [1.82, 2.24) is 8.96 Å². The molecule has 0 spiro atoms. The Bertz CT molecular complexity index is 500. The van der Waals surface area contributed by atoms with E-state index in [0.29, 0.717) is 11.5 Å². The van der Waals surface area contributed by atoms with E-state index >= 15 is 0 Å². The topological polar surface area (TPSA) is 64.3 Å².